The molecule has 0 saturated heterocycles. The number of benzene rings is 1. The van der Waals surface area contributed by atoms with Crippen molar-refractivity contribution in [3.05, 3.63) is 35.6 Å². The molecule has 0 heterocycles. The number of rotatable bonds is 5. The van der Waals surface area contributed by atoms with Crippen LogP contribution in [0.3, 0.4) is 0 Å². The van der Waals surface area contributed by atoms with Crippen molar-refractivity contribution < 1.29 is 9.18 Å². The molecule has 3 aliphatic carbocycles. The Labute approximate surface area is 161 Å². The summed E-state index contributed by atoms with van der Waals surface area (Å²) in [4.78, 5) is 15.3. The second-order valence-electron chi connectivity index (χ2n) is 8.49. The lowest BCUT2D eigenvalue weighted by atomic mass is 9.65. The van der Waals surface area contributed by atoms with Gasteiger partial charge < -0.3 is 10.6 Å². The number of halogens is 2. The Morgan fingerprint density at radius 3 is 2.27 bits per heavy atom. The summed E-state index contributed by atoms with van der Waals surface area (Å²) in [6, 6.07) is 6.87. The van der Waals surface area contributed by atoms with Crippen LogP contribution in [0, 0.1) is 29.5 Å². The lowest BCUT2D eigenvalue weighted by molar-refractivity contribution is -0.139. The van der Waals surface area contributed by atoms with Crippen LogP contribution in [0.4, 0.5) is 4.39 Å². The van der Waals surface area contributed by atoms with Crippen molar-refractivity contribution in [2.75, 3.05) is 6.54 Å². The van der Waals surface area contributed by atoms with Crippen LogP contribution >= 0.6 is 12.4 Å². The molecule has 0 aromatic heterocycles. The largest absolute Gasteiger partial charge is 0.338 e. The Hall–Kier alpha value is -1.13. The fraction of sp³-hybridized carbons (Fsp3) is 0.667. The van der Waals surface area contributed by atoms with E-state index in [9.17, 15) is 9.18 Å². The molecular formula is C21H30ClFN2O. The SMILES string of the molecule is Cl.NC1C2CCCC1CC(C(=O)N(Cc1ccc(F)cc1)CC1CC1)C2. The number of carbonyl (C=O) groups excluding carboxylic acids is 1. The Morgan fingerprint density at radius 1 is 1.08 bits per heavy atom. The van der Waals surface area contributed by atoms with Crippen molar-refractivity contribution >= 4 is 18.3 Å². The van der Waals surface area contributed by atoms with E-state index in [1.807, 2.05) is 4.90 Å². The van der Waals surface area contributed by atoms with Gasteiger partial charge in [0.05, 0.1) is 0 Å². The molecule has 26 heavy (non-hydrogen) atoms. The third kappa shape index (κ3) is 4.40. The van der Waals surface area contributed by atoms with E-state index in [-0.39, 0.29) is 24.1 Å². The Kier molecular flexibility index (Phi) is 6.24. The maximum atomic E-state index is 13.3. The van der Waals surface area contributed by atoms with Gasteiger partial charge in [-0.3, -0.25) is 4.79 Å². The molecule has 2 atom stereocenters. The maximum absolute atomic E-state index is 13.3. The molecule has 5 heteroatoms. The van der Waals surface area contributed by atoms with Crippen LogP contribution in [-0.2, 0) is 11.3 Å². The van der Waals surface area contributed by atoms with Gasteiger partial charge in [-0.2, -0.15) is 0 Å². The van der Waals surface area contributed by atoms with E-state index < -0.39 is 0 Å². The van der Waals surface area contributed by atoms with Crippen LogP contribution in [0.2, 0.25) is 0 Å². The summed E-state index contributed by atoms with van der Waals surface area (Å²) in [6.45, 7) is 1.46. The van der Waals surface area contributed by atoms with Gasteiger partial charge in [0.25, 0.3) is 0 Å². The van der Waals surface area contributed by atoms with E-state index in [1.165, 1.54) is 44.2 Å². The van der Waals surface area contributed by atoms with Crippen molar-refractivity contribution in [3.63, 3.8) is 0 Å². The van der Waals surface area contributed by atoms with Crippen LogP contribution < -0.4 is 5.73 Å². The molecule has 0 aliphatic heterocycles. The smallest absolute Gasteiger partial charge is 0.226 e. The first-order valence-corrected chi connectivity index (χ1v) is 9.89. The average Bonchev–Trinajstić information content (AvgIpc) is 3.39. The summed E-state index contributed by atoms with van der Waals surface area (Å²) in [5, 5.41) is 0. The number of fused-ring (bicyclic) bond motifs is 2. The fourth-order valence-electron chi connectivity index (χ4n) is 4.90. The number of hydrogen-bond donors (Lipinski definition) is 1. The Balaban J connectivity index is 0.00000196. The maximum Gasteiger partial charge on any atom is 0.226 e. The van der Waals surface area contributed by atoms with E-state index in [4.69, 9.17) is 5.73 Å². The van der Waals surface area contributed by atoms with Crippen LogP contribution in [-0.4, -0.2) is 23.4 Å². The first-order chi connectivity index (χ1) is 12.1. The second kappa shape index (κ2) is 8.26. The second-order valence-corrected chi connectivity index (χ2v) is 8.49. The number of amides is 1. The highest BCUT2D eigenvalue weighted by Gasteiger charge is 2.42. The molecule has 3 aliphatic rings. The normalized spacial score (nSPS) is 30.4. The molecule has 1 aromatic carbocycles. The van der Waals surface area contributed by atoms with Crippen molar-refractivity contribution in [2.24, 2.45) is 29.4 Å². The molecule has 2 N–H and O–H groups in total. The highest BCUT2D eigenvalue weighted by molar-refractivity contribution is 5.85. The van der Waals surface area contributed by atoms with Gasteiger partial charge in [-0.1, -0.05) is 18.6 Å². The fourth-order valence-corrected chi connectivity index (χ4v) is 4.90. The lowest BCUT2D eigenvalue weighted by Gasteiger charge is -2.44. The van der Waals surface area contributed by atoms with Crippen LogP contribution in [0.15, 0.2) is 24.3 Å². The molecule has 2 bridgehead atoms. The van der Waals surface area contributed by atoms with E-state index in [2.05, 4.69) is 0 Å². The number of nitrogens with two attached hydrogens (primary N) is 1. The monoisotopic (exact) mass is 380 g/mol. The van der Waals surface area contributed by atoms with Crippen molar-refractivity contribution in [2.45, 2.75) is 57.5 Å². The van der Waals surface area contributed by atoms with Crippen LogP contribution in [0.5, 0.6) is 0 Å². The van der Waals surface area contributed by atoms with Gasteiger partial charge in [0.2, 0.25) is 5.91 Å². The van der Waals surface area contributed by atoms with Gasteiger partial charge in [-0.25, -0.2) is 4.39 Å². The predicted molar refractivity (Wildman–Crippen MR) is 103 cm³/mol. The minimum absolute atomic E-state index is 0. The van der Waals surface area contributed by atoms with Gasteiger partial charge in [-0.15, -0.1) is 12.4 Å². The third-order valence-corrected chi connectivity index (χ3v) is 6.54. The Morgan fingerprint density at radius 2 is 1.69 bits per heavy atom. The molecule has 3 nitrogen and oxygen atoms in total. The molecule has 1 amide bonds. The number of carbonyl (C=O) groups is 1. The summed E-state index contributed by atoms with van der Waals surface area (Å²) in [6.07, 6.45) is 8.01. The zero-order valence-electron chi connectivity index (χ0n) is 15.3. The molecule has 1 aromatic rings. The predicted octanol–water partition coefficient (Wildman–Crippen LogP) is 4.14. The van der Waals surface area contributed by atoms with Crippen LogP contribution in [0.25, 0.3) is 0 Å². The minimum Gasteiger partial charge on any atom is -0.338 e. The lowest BCUT2D eigenvalue weighted by Crippen LogP contribution is -2.49. The third-order valence-electron chi connectivity index (χ3n) is 6.54. The molecule has 4 rings (SSSR count). The first-order valence-electron chi connectivity index (χ1n) is 9.89. The molecule has 3 fully saturated rings. The van der Waals surface area contributed by atoms with Crippen molar-refractivity contribution in [1.82, 2.24) is 4.90 Å². The van der Waals surface area contributed by atoms with E-state index in [1.54, 1.807) is 12.1 Å². The van der Waals surface area contributed by atoms with E-state index in [0.29, 0.717) is 36.2 Å². The summed E-state index contributed by atoms with van der Waals surface area (Å²) in [5.74, 6) is 1.92. The highest BCUT2D eigenvalue weighted by Crippen LogP contribution is 2.43. The van der Waals surface area contributed by atoms with Gasteiger partial charge in [0.1, 0.15) is 5.82 Å². The molecule has 2 unspecified atom stereocenters. The summed E-state index contributed by atoms with van der Waals surface area (Å²) >= 11 is 0. The molecule has 0 spiro atoms. The summed E-state index contributed by atoms with van der Waals surface area (Å²) < 4.78 is 13.2. The zero-order valence-corrected chi connectivity index (χ0v) is 16.1. The van der Waals surface area contributed by atoms with Gasteiger partial charge in [-0.05, 0) is 74.0 Å². The standard InChI is InChI=1S/C21H29FN2O.ClH/c22-19-8-6-15(7-9-19)13-24(12-14-4-5-14)21(25)18-10-16-2-1-3-17(11-18)20(16)23;/h6-9,14,16-18,20H,1-5,10-13,23H2;1H. The van der Waals surface area contributed by atoms with Gasteiger partial charge in [0.15, 0.2) is 0 Å². The van der Waals surface area contributed by atoms with Gasteiger partial charge >= 0.3 is 0 Å². The zero-order chi connectivity index (χ0) is 17.4. The quantitative estimate of drug-likeness (QED) is 0.834. The number of hydrogen-bond acceptors (Lipinski definition) is 2. The average molecular weight is 381 g/mol. The Bertz CT molecular complexity index is 605. The minimum atomic E-state index is -0.224. The van der Waals surface area contributed by atoms with E-state index >= 15 is 0 Å². The van der Waals surface area contributed by atoms with Crippen molar-refractivity contribution in [1.29, 1.82) is 0 Å². The highest BCUT2D eigenvalue weighted by atomic mass is 35.5. The van der Waals surface area contributed by atoms with Crippen LogP contribution in [0.1, 0.15) is 50.5 Å². The molecular weight excluding hydrogens is 351 g/mol. The van der Waals surface area contributed by atoms with Gasteiger partial charge in [0, 0.05) is 25.0 Å². The molecule has 144 valence electrons. The topological polar surface area (TPSA) is 46.3 Å². The van der Waals surface area contributed by atoms with Crippen molar-refractivity contribution in [3.8, 4) is 0 Å². The first kappa shape index (κ1) is 19.6. The van der Waals surface area contributed by atoms with E-state index in [0.717, 1.165) is 24.9 Å². The molecule has 3 saturated carbocycles. The summed E-state index contributed by atoms with van der Waals surface area (Å²) in [7, 11) is 0. The number of nitrogens with zero attached hydrogens (tertiary/aromatic N) is 1. The molecule has 0 radical (unpaired) electrons. The summed E-state index contributed by atoms with van der Waals surface area (Å²) in [5.41, 5.74) is 7.41.